The molecule has 1 aliphatic heterocycles. The zero-order valence-corrected chi connectivity index (χ0v) is 24.2. The largest absolute Gasteiger partial charge is 0.497 e. The molecule has 1 aliphatic rings. The summed E-state index contributed by atoms with van der Waals surface area (Å²) in [6.07, 6.45) is 0. The molecule has 1 fully saturated rings. The van der Waals surface area contributed by atoms with Crippen molar-refractivity contribution in [3.05, 3.63) is 78.4 Å². The molecule has 210 valence electrons. The van der Waals surface area contributed by atoms with Gasteiger partial charge in [0.1, 0.15) is 5.75 Å². The average molecular weight is 580 g/mol. The molecule has 0 radical (unpaired) electrons. The molecule has 0 aliphatic carbocycles. The Morgan fingerprint density at radius 1 is 1.02 bits per heavy atom. The molecule has 0 unspecified atom stereocenters. The van der Waals surface area contributed by atoms with E-state index in [9.17, 15) is 13.2 Å². The monoisotopic (exact) mass is 579 g/mol. The predicted molar refractivity (Wildman–Crippen MR) is 160 cm³/mol. The Balaban J connectivity index is 1.10. The van der Waals surface area contributed by atoms with E-state index in [0.717, 1.165) is 53.8 Å². The summed E-state index contributed by atoms with van der Waals surface area (Å²) < 4.78 is 34.2. The molecule has 1 aromatic heterocycles. The SMILES string of the molecule is CCN(c1ccccc1)S(=O)(=O)c1ccc(C(=O)NCCN2CCN(c3nc4ccc(OC)cc4s3)CC2)cc1. The van der Waals surface area contributed by atoms with Crippen molar-refractivity contribution >= 4 is 48.3 Å². The third-order valence-corrected chi connectivity index (χ3v) is 9.97. The van der Waals surface area contributed by atoms with Crippen LogP contribution in [-0.4, -0.2) is 77.1 Å². The number of rotatable bonds is 10. The van der Waals surface area contributed by atoms with Gasteiger partial charge in [-0.25, -0.2) is 13.4 Å². The maximum absolute atomic E-state index is 13.2. The number of para-hydroxylation sites is 1. The smallest absolute Gasteiger partial charge is 0.264 e. The van der Waals surface area contributed by atoms with E-state index >= 15 is 0 Å². The van der Waals surface area contributed by atoms with E-state index in [1.165, 1.54) is 16.4 Å². The fourth-order valence-corrected chi connectivity index (χ4v) is 7.26. The van der Waals surface area contributed by atoms with Crippen LogP contribution in [0.25, 0.3) is 10.2 Å². The van der Waals surface area contributed by atoms with Gasteiger partial charge >= 0.3 is 0 Å². The van der Waals surface area contributed by atoms with Gasteiger partial charge in [-0.15, -0.1) is 0 Å². The van der Waals surface area contributed by atoms with Gasteiger partial charge in [0.25, 0.3) is 15.9 Å². The van der Waals surface area contributed by atoms with E-state index in [0.29, 0.717) is 24.3 Å². The number of ether oxygens (including phenoxy) is 1. The highest BCUT2D eigenvalue weighted by Gasteiger charge is 2.24. The quantitative estimate of drug-likeness (QED) is 0.303. The second-order valence-corrected chi connectivity index (χ2v) is 12.3. The summed E-state index contributed by atoms with van der Waals surface area (Å²) >= 11 is 1.68. The number of benzene rings is 3. The molecule has 1 saturated heterocycles. The highest BCUT2D eigenvalue weighted by molar-refractivity contribution is 7.92. The number of hydrogen-bond acceptors (Lipinski definition) is 8. The summed E-state index contributed by atoms with van der Waals surface area (Å²) in [5, 5.41) is 3.98. The number of hydrogen-bond donors (Lipinski definition) is 1. The van der Waals surface area contributed by atoms with Gasteiger partial charge in [0.05, 0.1) is 27.9 Å². The number of thiazole rings is 1. The number of carbonyl (C=O) groups excluding carboxylic acids is 1. The molecule has 0 bridgehead atoms. The van der Waals surface area contributed by atoms with Gasteiger partial charge in [0.15, 0.2) is 5.13 Å². The summed E-state index contributed by atoms with van der Waals surface area (Å²) in [5.41, 5.74) is 2.02. The van der Waals surface area contributed by atoms with Gasteiger partial charge in [-0.1, -0.05) is 29.5 Å². The molecule has 1 N–H and O–H groups in total. The lowest BCUT2D eigenvalue weighted by Crippen LogP contribution is -2.48. The van der Waals surface area contributed by atoms with Crippen molar-refractivity contribution in [2.75, 3.05) is 62.1 Å². The molecule has 9 nitrogen and oxygen atoms in total. The fourth-order valence-electron chi connectivity index (χ4n) is 4.74. The van der Waals surface area contributed by atoms with Crippen molar-refractivity contribution in [2.24, 2.45) is 0 Å². The van der Waals surface area contributed by atoms with Crippen molar-refractivity contribution in [2.45, 2.75) is 11.8 Å². The van der Waals surface area contributed by atoms with Crippen LogP contribution in [0.1, 0.15) is 17.3 Å². The third kappa shape index (κ3) is 6.06. The molecule has 11 heteroatoms. The van der Waals surface area contributed by atoms with Crippen molar-refractivity contribution in [1.82, 2.24) is 15.2 Å². The van der Waals surface area contributed by atoms with Crippen LogP contribution in [0.15, 0.2) is 77.7 Å². The van der Waals surface area contributed by atoms with E-state index in [2.05, 4.69) is 15.1 Å². The van der Waals surface area contributed by atoms with Crippen LogP contribution in [0.3, 0.4) is 0 Å². The summed E-state index contributed by atoms with van der Waals surface area (Å²) in [4.78, 5) is 22.3. The van der Waals surface area contributed by atoms with E-state index in [1.54, 1.807) is 61.8 Å². The van der Waals surface area contributed by atoms with E-state index < -0.39 is 10.0 Å². The number of nitrogens with one attached hydrogen (secondary N) is 1. The topological polar surface area (TPSA) is 95.1 Å². The van der Waals surface area contributed by atoms with Gasteiger partial charge in [0.2, 0.25) is 0 Å². The minimum Gasteiger partial charge on any atom is -0.497 e. The molecule has 4 aromatic rings. The van der Waals surface area contributed by atoms with Gasteiger partial charge in [0, 0.05) is 51.4 Å². The highest BCUT2D eigenvalue weighted by atomic mass is 32.2. The normalized spacial score (nSPS) is 14.3. The average Bonchev–Trinajstić information content (AvgIpc) is 3.42. The third-order valence-electron chi connectivity index (χ3n) is 6.98. The van der Waals surface area contributed by atoms with E-state index in [1.807, 2.05) is 24.3 Å². The van der Waals surface area contributed by atoms with Crippen LogP contribution in [-0.2, 0) is 10.0 Å². The van der Waals surface area contributed by atoms with Crippen LogP contribution in [0.2, 0.25) is 0 Å². The number of piperazine rings is 1. The van der Waals surface area contributed by atoms with Gasteiger partial charge in [-0.2, -0.15) is 0 Å². The van der Waals surface area contributed by atoms with Crippen LogP contribution < -0.4 is 19.3 Å². The first kappa shape index (κ1) is 27.9. The second kappa shape index (κ2) is 12.2. The maximum atomic E-state index is 13.2. The standard InChI is InChI=1S/C29H33N5O4S2/c1-3-34(23-7-5-4-6-8-23)40(36,37)25-12-9-22(10-13-25)28(35)30-15-16-32-17-19-33(20-18-32)29-31-26-14-11-24(38-2)21-27(26)39-29/h4-14,21H,3,15-20H2,1-2H3,(H,30,35). The number of fused-ring (bicyclic) bond motifs is 1. The van der Waals surface area contributed by atoms with Crippen molar-refractivity contribution < 1.29 is 17.9 Å². The first-order chi connectivity index (χ1) is 19.4. The van der Waals surface area contributed by atoms with Gasteiger partial charge < -0.3 is 15.0 Å². The Morgan fingerprint density at radius 2 is 1.75 bits per heavy atom. The van der Waals surface area contributed by atoms with Crippen LogP contribution in [0, 0.1) is 0 Å². The molecule has 5 rings (SSSR count). The fraction of sp³-hybridized carbons (Fsp3) is 0.310. The Kier molecular flexibility index (Phi) is 8.53. The van der Waals surface area contributed by atoms with E-state index in [-0.39, 0.29) is 10.8 Å². The molecule has 3 aromatic carbocycles. The Labute approximate surface area is 239 Å². The zero-order chi connectivity index (χ0) is 28.1. The van der Waals surface area contributed by atoms with Crippen molar-refractivity contribution in [3.8, 4) is 5.75 Å². The molecule has 40 heavy (non-hydrogen) atoms. The van der Waals surface area contributed by atoms with Crippen LogP contribution in [0.5, 0.6) is 5.75 Å². The summed E-state index contributed by atoms with van der Waals surface area (Å²) in [5.74, 6) is 0.615. The minimum atomic E-state index is -3.73. The first-order valence-electron chi connectivity index (χ1n) is 13.3. The minimum absolute atomic E-state index is 0.153. The van der Waals surface area contributed by atoms with Crippen molar-refractivity contribution in [1.29, 1.82) is 0 Å². The number of sulfonamides is 1. The second-order valence-electron chi connectivity index (χ2n) is 9.44. The Morgan fingerprint density at radius 3 is 2.42 bits per heavy atom. The molecule has 0 saturated carbocycles. The molecule has 0 atom stereocenters. The lowest BCUT2D eigenvalue weighted by atomic mass is 10.2. The molecule has 2 heterocycles. The lowest BCUT2D eigenvalue weighted by Gasteiger charge is -2.34. The number of methoxy groups -OCH3 is 1. The predicted octanol–water partition coefficient (Wildman–Crippen LogP) is 4.07. The summed E-state index contributed by atoms with van der Waals surface area (Å²) in [6, 6.07) is 21.0. The molecular formula is C29H33N5O4S2. The lowest BCUT2D eigenvalue weighted by molar-refractivity contribution is 0.0947. The van der Waals surface area contributed by atoms with Crippen LogP contribution >= 0.6 is 11.3 Å². The number of anilines is 2. The number of amides is 1. The molecule has 0 spiro atoms. The molecular weight excluding hydrogens is 546 g/mol. The Hall–Kier alpha value is -3.67. The van der Waals surface area contributed by atoms with Crippen LogP contribution in [0.4, 0.5) is 10.8 Å². The molecule has 1 amide bonds. The van der Waals surface area contributed by atoms with E-state index in [4.69, 9.17) is 9.72 Å². The maximum Gasteiger partial charge on any atom is 0.264 e. The Bertz CT molecular complexity index is 1550. The number of aromatic nitrogens is 1. The number of carbonyl (C=O) groups is 1. The first-order valence-corrected chi connectivity index (χ1v) is 15.5. The highest BCUT2D eigenvalue weighted by Crippen LogP contribution is 2.32. The zero-order valence-electron chi connectivity index (χ0n) is 22.6. The van der Waals surface area contributed by atoms with Gasteiger partial charge in [-0.05, 0) is 61.5 Å². The summed E-state index contributed by atoms with van der Waals surface area (Å²) in [7, 11) is -2.06. The number of nitrogens with zero attached hydrogens (tertiary/aromatic N) is 4. The van der Waals surface area contributed by atoms with Crippen molar-refractivity contribution in [3.63, 3.8) is 0 Å². The summed E-state index contributed by atoms with van der Waals surface area (Å²) in [6.45, 7) is 6.87. The van der Waals surface area contributed by atoms with Gasteiger partial charge in [-0.3, -0.25) is 14.0 Å².